The van der Waals surface area contributed by atoms with E-state index in [1.807, 2.05) is 80.1 Å². The zero-order chi connectivity index (χ0) is 23.5. The highest BCUT2D eigenvalue weighted by Crippen LogP contribution is 2.31. The van der Waals surface area contributed by atoms with E-state index in [0.29, 0.717) is 17.5 Å². The average Bonchev–Trinajstić information content (AvgIpc) is 3.53. The Morgan fingerprint density at radius 3 is 2.55 bits per heavy atom. The lowest BCUT2D eigenvalue weighted by Crippen LogP contribution is -2.41. The van der Waals surface area contributed by atoms with Crippen molar-refractivity contribution in [2.45, 2.75) is 33.6 Å². The second-order valence-corrected chi connectivity index (χ2v) is 9.54. The van der Waals surface area contributed by atoms with E-state index in [1.165, 1.54) is 0 Å². The van der Waals surface area contributed by atoms with Crippen LogP contribution in [0, 0.1) is 18.8 Å². The van der Waals surface area contributed by atoms with Crippen molar-refractivity contribution in [3.63, 3.8) is 0 Å². The van der Waals surface area contributed by atoms with E-state index in [9.17, 15) is 9.59 Å². The topological polar surface area (TPSA) is 67.2 Å². The highest BCUT2D eigenvalue weighted by molar-refractivity contribution is 6.30. The van der Waals surface area contributed by atoms with E-state index < -0.39 is 0 Å². The first-order chi connectivity index (χ1) is 15.8. The minimum absolute atomic E-state index is 0.0183. The molecule has 7 heteroatoms. The van der Waals surface area contributed by atoms with Gasteiger partial charge in [0.25, 0.3) is 0 Å². The van der Waals surface area contributed by atoms with Gasteiger partial charge in [0.05, 0.1) is 12.2 Å². The second kappa shape index (κ2) is 9.79. The molecule has 0 atom stereocenters. The van der Waals surface area contributed by atoms with Gasteiger partial charge < -0.3 is 4.90 Å². The summed E-state index contributed by atoms with van der Waals surface area (Å²) in [4.78, 5) is 32.1. The average molecular weight is 465 g/mol. The molecule has 3 aromatic rings. The molecule has 1 aliphatic rings. The Morgan fingerprint density at radius 1 is 1.18 bits per heavy atom. The lowest BCUT2D eigenvalue weighted by Gasteiger charge is -2.24. The number of halogens is 1. The first kappa shape index (κ1) is 23.1. The molecule has 33 heavy (non-hydrogen) atoms. The number of anilines is 1. The molecule has 0 radical (unpaired) electrons. The lowest BCUT2D eigenvalue weighted by molar-refractivity contribution is -0.136. The molecule has 0 spiro atoms. The number of rotatable bonds is 8. The molecule has 0 saturated heterocycles. The maximum atomic E-state index is 13.0. The fourth-order valence-electron chi connectivity index (χ4n) is 3.80. The van der Waals surface area contributed by atoms with E-state index in [4.69, 9.17) is 16.6 Å². The Kier molecular flexibility index (Phi) is 6.84. The number of benzene rings is 2. The summed E-state index contributed by atoms with van der Waals surface area (Å²) in [6.07, 6.45) is 3.73. The van der Waals surface area contributed by atoms with Gasteiger partial charge in [0.2, 0.25) is 17.8 Å². The number of imidazole rings is 1. The van der Waals surface area contributed by atoms with Crippen LogP contribution in [0.15, 0.2) is 54.7 Å². The van der Waals surface area contributed by atoms with Crippen molar-refractivity contribution in [2.24, 2.45) is 11.8 Å². The fourth-order valence-corrected chi connectivity index (χ4v) is 3.93. The van der Waals surface area contributed by atoms with Crippen molar-refractivity contribution < 1.29 is 9.59 Å². The first-order valence-electron chi connectivity index (χ1n) is 11.3. The molecule has 1 aliphatic carbocycles. The maximum absolute atomic E-state index is 13.0. The van der Waals surface area contributed by atoms with Crippen LogP contribution in [0.3, 0.4) is 0 Å². The molecule has 6 nitrogen and oxygen atoms in total. The van der Waals surface area contributed by atoms with Gasteiger partial charge in [0.15, 0.2) is 0 Å². The zero-order valence-electron chi connectivity index (χ0n) is 19.2. The zero-order valence-corrected chi connectivity index (χ0v) is 20.0. The fraction of sp³-hybridized carbons (Fsp3) is 0.346. The summed E-state index contributed by atoms with van der Waals surface area (Å²) in [6.45, 7) is 6.70. The van der Waals surface area contributed by atoms with Gasteiger partial charge in [-0.1, -0.05) is 49.7 Å². The van der Waals surface area contributed by atoms with Crippen LogP contribution in [-0.4, -0.2) is 39.4 Å². The Bertz CT molecular complexity index is 1150. The molecule has 1 aromatic heterocycles. The summed E-state index contributed by atoms with van der Waals surface area (Å²) in [7, 11) is 0. The largest absolute Gasteiger partial charge is 0.333 e. The predicted molar refractivity (Wildman–Crippen MR) is 132 cm³/mol. The lowest BCUT2D eigenvalue weighted by atomic mass is 10.2. The molecular formula is C26H29ClN4O2. The van der Waals surface area contributed by atoms with Gasteiger partial charge in [-0.25, -0.2) is 4.98 Å². The standard InChI is InChI=1S/C26H29ClN4O2/c1-17(2)14-30(25(33)20-7-8-20)16-24(32)29-26-28-23(19-9-11-21(27)12-10-19)15-31(26)22-6-4-5-18(3)13-22/h4-6,9-13,15,17,20H,7-8,14,16H2,1-3H3,(H,28,29,32). The molecule has 2 amide bonds. The molecule has 0 bridgehead atoms. The monoisotopic (exact) mass is 464 g/mol. The van der Waals surface area contributed by atoms with E-state index in [0.717, 1.165) is 35.3 Å². The number of nitrogens with one attached hydrogen (secondary N) is 1. The Hall–Kier alpha value is -3.12. The van der Waals surface area contributed by atoms with Crippen molar-refractivity contribution in [3.8, 4) is 16.9 Å². The Morgan fingerprint density at radius 2 is 1.91 bits per heavy atom. The molecule has 1 fully saturated rings. The quantitative estimate of drug-likeness (QED) is 0.489. The van der Waals surface area contributed by atoms with Crippen LogP contribution in [0.25, 0.3) is 16.9 Å². The van der Waals surface area contributed by atoms with E-state index in [1.54, 1.807) is 4.90 Å². The summed E-state index contributed by atoms with van der Waals surface area (Å²) in [5, 5.41) is 3.59. The number of nitrogens with zero attached hydrogens (tertiary/aromatic N) is 3. The van der Waals surface area contributed by atoms with Crippen LogP contribution in [-0.2, 0) is 9.59 Å². The van der Waals surface area contributed by atoms with Gasteiger partial charge in [-0.2, -0.15) is 0 Å². The van der Waals surface area contributed by atoms with Gasteiger partial charge in [0, 0.05) is 34.9 Å². The number of aromatic nitrogens is 2. The summed E-state index contributed by atoms with van der Waals surface area (Å²) in [5.74, 6) is 0.585. The number of amides is 2. The normalized spacial score (nSPS) is 13.2. The second-order valence-electron chi connectivity index (χ2n) is 9.10. The third kappa shape index (κ3) is 5.82. The molecule has 0 aliphatic heterocycles. The summed E-state index contributed by atoms with van der Waals surface area (Å²) >= 11 is 6.04. The van der Waals surface area contributed by atoms with Crippen LogP contribution in [0.2, 0.25) is 5.02 Å². The maximum Gasteiger partial charge on any atom is 0.246 e. The minimum Gasteiger partial charge on any atom is -0.333 e. The third-order valence-electron chi connectivity index (χ3n) is 5.54. The van der Waals surface area contributed by atoms with Crippen molar-refractivity contribution in [2.75, 3.05) is 18.4 Å². The number of carbonyl (C=O) groups excluding carboxylic acids is 2. The van der Waals surface area contributed by atoms with E-state index >= 15 is 0 Å². The van der Waals surface area contributed by atoms with Gasteiger partial charge >= 0.3 is 0 Å². The van der Waals surface area contributed by atoms with Gasteiger partial charge in [-0.15, -0.1) is 0 Å². The summed E-state index contributed by atoms with van der Waals surface area (Å²) < 4.78 is 1.87. The highest BCUT2D eigenvalue weighted by atomic mass is 35.5. The molecular weight excluding hydrogens is 436 g/mol. The smallest absolute Gasteiger partial charge is 0.246 e. The number of hydrogen-bond acceptors (Lipinski definition) is 3. The number of hydrogen-bond donors (Lipinski definition) is 1. The van der Waals surface area contributed by atoms with Crippen LogP contribution >= 0.6 is 11.6 Å². The Labute approximate surface area is 199 Å². The third-order valence-corrected chi connectivity index (χ3v) is 5.79. The molecule has 2 aromatic carbocycles. The van der Waals surface area contributed by atoms with E-state index in [-0.39, 0.29) is 30.2 Å². The van der Waals surface area contributed by atoms with Gasteiger partial charge in [0.1, 0.15) is 0 Å². The van der Waals surface area contributed by atoms with Crippen molar-refractivity contribution in [1.82, 2.24) is 14.5 Å². The molecule has 4 rings (SSSR count). The first-order valence-corrected chi connectivity index (χ1v) is 11.7. The van der Waals surface area contributed by atoms with Crippen LogP contribution in [0.5, 0.6) is 0 Å². The molecule has 172 valence electrons. The van der Waals surface area contributed by atoms with Crippen molar-refractivity contribution in [3.05, 3.63) is 65.3 Å². The summed E-state index contributed by atoms with van der Waals surface area (Å²) in [6, 6.07) is 15.4. The van der Waals surface area contributed by atoms with Crippen LogP contribution < -0.4 is 5.32 Å². The van der Waals surface area contributed by atoms with Gasteiger partial charge in [-0.3, -0.25) is 19.5 Å². The summed E-state index contributed by atoms with van der Waals surface area (Å²) in [5.41, 5.74) is 3.61. The van der Waals surface area contributed by atoms with Gasteiger partial charge in [-0.05, 0) is 55.5 Å². The highest BCUT2D eigenvalue weighted by Gasteiger charge is 2.34. The van der Waals surface area contributed by atoms with Crippen molar-refractivity contribution in [1.29, 1.82) is 0 Å². The number of carbonyl (C=O) groups is 2. The van der Waals surface area contributed by atoms with E-state index in [2.05, 4.69) is 5.32 Å². The minimum atomic E-state index is -0.258. The Balaban J connectivity index is 1.61. The van der Waals surface area contributed by atoms with Crippen LogP contribution in [0.4, 0.5) is 5.95 Å². The van der Waals surface area contributed by atoms with Crippen LogP contribution in [0.1, 0.15) is 32.3 Å². The molecule has 1 saturated carbocycles. The SMILES string of the molecule is Cc1cccc(-n2cc(-c3ccc(Cl)cc3)nc2NC(=O)CN(CC(C)C)C(=O)C2CC2)c1. The molecule has 1 N–H and O–H groups in total. The molecule has 1 heterocycles. The predicted octanol–water partition coefficient (Wildman–Crippen LogP) is 5.33. The van der Waals surface area contributed by atoms with Crippen molar-refractivity contribution >= 4 is 29.4 Å². The molecule has 0 unspecified atom stereocenters. The number of aryl methyl sites for hydroxylation is 1.